The molecule has 0 aromatic heterocycles. The fraction of sp³-hybridized carbons (Fsp3) is 0.733. The van der Waals surface area contributed by atoms with Crippen molar-refractivity contribution in [2.45, 2.75) is 19.4 Å². The van der Waals surface area contributed by atoms with Gasteiger partial charge < -0.3 is 24.4 Å². The molecule has 0 aliphatic carbocycles. The van der Waals surface area contributed by atoms with Gasteiger partial charge in [0.2, 0.25) is 5.91 Å². The summed E-state index contributed by atoms with van der Waals surface area (Å²) in [4.78, 5) is 28.2. The predicted molar refractivity (Wildman–Crippen MR) is 79.2 cm³/mol. The van der Waals surface area contributed by atoms with E-state index in [0.29, 0.717) is 52.6 Å². The molecule has 1 N–H and O–H groups in total. The SMILES string of the molecule is CC(C)(O)/C(=C/C(=O)N1CCOCC1)C(=O)N1CCOCC1. The van der Waals surface area contributed by atoms with Gasteiger partial charge in [0.25, 0.3) is 5.91 Å². The summed E-state index contributed by atoms with van der Waals surface area (Å²) < 4.78 is 10.4. The minimum atomic E-state index is -1.38. The number of amides is 2. The summed E-state index contributed by atoms with van der Waals surface area (Å²) >= 11 is 0. The number of hydrogen-bond donors (Lipinski definition) is 1. The molecule has 2 heterocycles. The van der Waals surface area contributed by atoms with Gasteiger partial charge in [-0.3, -0.25) is 9.59 Å². The van der Waals surface area contributed by atoms with Gasteiger partial charge in [-0.1, -0.05) is 0 Å². The lowest BCUT2D eigenvalue weighted by atomic mass is 9.95. The van der Waals surface area contributed by atoms with Crippen LogP contribution < -0.4 is 0 Å². The Morgan fingerprint density at radius 2 is 1.41 bits per heavy atom. The Kier molecular flexibility index (Phi) is 5.55. The Hall–Kier alpha value is -1.44. The molecule has 0 atom stereocenters. The van der Waals surface area contributed by atoms with Crippen LogP contribution in [0, 0.1) is 0 Å². The number of hydrogen-bond acceptors (Lipinski definition) is 5. The monoisotopic (exact) mass is 312 g/mol. The molecule has 2 aliphatic heterocycles. The molecule has 7 nitrogen and oxygen atoms in total. The van der Waals surface area contributed by atoms with Crippen LogP contribution >= 0.6 is 0 Å². The fourth-order valence-electron chi connectivity index (χ4n) is 2.44. The van der Waals surface area contributed by atoms with Gasteiger partial charge in [-0.05, 0) is 13.8 Å². The molecule has 2 saturated heterocycles. The molecule has 0 bridgehead atoms. The number of aliphatic hydroxyl groups is 1. The van der Waals surface area contributed by atoms with E-state index < -0.39 is 5.60 Å². The van der Waals surface area contributed by atoms with E-state index in [2.05, 4.69) is 0 Å². The molecule has 2 amide bonds. The Labute approximate surface area is 130 Å². The van der Waals surface area contributed by atoms with E-state index in [-0.39, 0.29) is 17.4 Å². The van der Waals surface area contributed by atoms with Crippen LogP contribution in [0.4, 0.5) is 0 Å². The molecule has 2 aliphatic rings. The molecule has 0 aromatic carbocycles. The number of carbonyl (C=O) groups excluding carboxylic acids is 2. The van der Waals surface area contributed by atoms with E-state index in [1.54, 1.807) is 9.80 Å². The summed E-state index contributed by atoms with van der Waals surface area (Å²) in [7, 11) is 0. The van der Waals surface area contributed by atoms with Gasteiger partial charge in [0.15, 0.2) is 0 Å². The van der Waals surface area contributed by atoms with Crippen molar-refractivity contribution in [2.75, 3.05) is 52.6 Å². The third-order valence-electron chi connectivity index (χ3n) is 3.78. The minimum Gasteiger partial charge on any atom is -0.386 e. The molecule has 7 heteroatoms. The molecule has 124 valence electrons. The first kappa shape index (κ1) is 16.9. The van der Waals surface area contributed by atoms with Gasteiger partial charge in [0.05, 0.1) is 37.6 Å². The van der Waals surface area contributed by atoms with Gasteiger partial charge in [-0.2, -0.15) is 0 Å². The molecule has 0 radical (unpaired) electrons. The smallest absolute Gasteiger partial charge is 0.253 e. The lowest BCUT2D eigenvalue weighted by molar-refractivity contribution is -0.135. The Morgan fingerprint density at radius 3 is 1.86 bits per heavy atom. The van der Waals surface area contributed by atoms with Crippen LogP contribution in [0.15, 0.2) is 11.6 Å². The minimum absolute atomic E-state index is 0.117. The molecule has 2 fully saturated rings. The van der Waals surface area contributed by atoms with E-state index >= 15 is 0 Å². The molecule has 2 rings (SSSR count). The highest BCUT2D eigenvalue weighted by Crippen LogP contribution is 2.19. The zero-order valence-electron chi connectivity index (χ0n) is 13.2. The normalized spacial score (nSPS) is 21.0. The topological polar surface area (TPSA) is 79.3 Å². The molecule has 0 aromatic rings. The molecule has 0 spiro atoms. The fourth-order valence-corrected chi connectivity index (χ4v) is 2.44. The first-order valence-corrected chi connectivity index (χ1v) is 7.58. The van der Waals surface area contributed by atoms with Crippen LogP contribution in [-0.2, 0) is 19.1 Å². The standard InChI is InChI=1S/C15H24N2O5/c1-15(2,20)12(14(19)17-5-9-22-10-6-17)11-13(18)16-3-7-21-8-4-16/h11,20H,3-10H2,1-2H3/b12-11+. The van der Waals surface area contributed by atoms with Crippen molar-refractivity contribution in [2.24, 2.45) is 0 Å². The molecular formula is C15H24N2O5. The lowest BCUT2D eigenvalue weighted by Gasteiger charge is -2.32. The van der Waals surface area contributed by atoms with E-state index in [1.165, 1.54) is 19.9 Å². The van der Waals surface area contributed by atoms with Crippen molar-refractivity contribution in [1.82, 2.24) is 9.80 Å². The zero-order chi connectivity index (χ0) is 16.2. The van der Waals surface area contributed by atoms with Crippen LogP contribution in [0.5, 0.6) is 0 Å². The van der Waals surface area contributed by atoms with E-state index in [1.807, 2.05) is 0 Å². The maximum Gasteiger partial charge on any atom is 0.253 e. The van der Waals surface area contributed by atoms with Crippen LogP contribution in [0.3, 0.4) is 0 Å². The van der Waals surface area contributed by atoms with Crippen molar-refractivity contribution < 1.29 is 24.2 Å². The highest BCUT2D eigenvalue weighted by molar-refractivity contribution is 6.02. The number of nitrogens with zero attached hydrogens (tertiary/aromatic N) is 2. The number of morpholine rings is 2. The second-order valence-electron chi connectivity index (χ2n) is 5.96. The van der Waals surface area contributed by atoms with Gasteiger partial charge in [-0.15, -0.1) is 0 Å². The largest absolute Gasteiger partial charge is 0.386 e. The van der Waals surface area contributed by atoms with Gasteiger partial charge in [0.1, 0.15) is 0 Å². The van der Waals surface area contributed by atoms with Crippen molar-refractivity contribution >= 4 is 11.8 Å². The number of carbonyl (C=O) groups is 2. The average Bonchev–Trinajstić information content (AvgIpc) is 2.52. The van der Waals surface area contributed by atoms with E-state index in [9.17, 15) is 14.7 Å². The second-order valence-corrected chi connectivity index (χ2v) is 5.96. The lowest BCUT2D eigenvalue weighted by Crippen LogP contribution is -2.46. The third kappa shape index (κ3) is 4.28. The summed E-state index contributed by atoms with van der Waals surface area (Å²) in [5, 5.41) is 10.3. The Morgan fingerprint density at radius 1 is 0.955 bits per heavy atom. The van der Waals surface area contributed by atoms with E-state index in [0.717, 1.165) is 0 Å². The summed E-state index contributed by atoms with van der Waals surface area (Å²) in [6.45, 7) is 6.91. The molecular weight excluding hydrogens is 288 g/mol. The van der Waals surface area contributed by atoms with Crippen molar-refractivity contribution in [3.8, 4) is 0 Å². The second kappa shape index (κ2) is 7.21. The molecule has 0 unspecified atom stereocenters. The third-order valence-corrected chi connectivity index (χ3v) is 3.78. The highest BCUT2D eigenvalue weighted by Gasteiger charge is 2.32. The van der Waals surface area contributed by atoms with Crippen LogP contribution in [0.2, 0.25) is 0 Å². The number of ether oxygens (including phenoxy) is 2. The first-order chi connectivity index (χ1) is 10.4. The average molecular weight is 312 g/mol. The molecule has 0 saturated carbocycles. The summed E-state index contributed by atoms with van der Waals surface area (Å²) in [6, 6.07) is 0. The maximum atomic E-state index is 12.6. The first-order valence-electron chi connectivity index (χ1n) is 7.58. The van der Waals surface area contributed by atoms with Gasteiger partial charge >= 0.3 is 0 Å². The van der Waals surface area contributed by atoms with E-state index in [4.69, 9.17) is 9.47 Å². The van der Waals surface area contributed by atoms with Gasteiger partial charge in [-0.25, -0.2) is 0 Å². The van der Waals surface area contributed by atoms with Crippen LogP contribution in [0.1, 0.15) is 13.8 Å². The quantitative estimate of drug-likeness (QED) is 0.704. The zero-order valence-corrected chi connectivity index (χ0v) is 13.2. The van der Waals surface area contributed by atoms with Crippen molar-refractivity contribution in [1.29, 1.82) is 0 Å². The summed E-state index contributed by atoms with van der Waals surface area (Å²) in [5.74, 6) is -0.570. The van der Waals surface area contributed by atoms with Crippen LogP contribution in [0.25, 0.3) is 0 Å². The maximum absolute atomic E-state index is 12.6. The highest BCUT2D eigenvalue weighted by atomic mass is 16.5. The Bertz CT molecular complexity index is 443. The van der Waals surface area contributed by atoms with Crippen LogP contribution in [-0.4, -0.2) is 84.9 Å². The van der Waals surface area contributed by atoms with Crippen molar-refractivity contribution in [3.05, 3.63) is 11.6 Å². The number of rotatable bonds is 3. The summed E-state index contributed by atoms with van der Waals surface area (Å²) in [5.41, 5.74) is -1.26. The molecule has 22 heavy (non-hydrogen) atoms. The predicted octanol–water partition coefficient (Wildman–Crippen LogP) is -0.599. The van der Waals surface area contributed by atoms with Gasteiger partial charge in [0, 0.05) is 32.3 Å². The Balaban J connectivity index is 2.15. The summed E-state index contributed by atoms with van der Waals surface area (Å²) in [6.07, 6.45) is 1.27. The van der Waals surface area contributed by atoms with Crippen molar-refractivity contribution in [3.63, 3.8) is 0 Å².